The number of anilines is 1. The maximum Gasteiger partial charge on any atom is 0.237 e. The zero-order valence-electron chi connectivity index (χ0n) is 15.5. The Labute approximate surface area is 162 Å². The fourth-order valence-electron chi connectivity index (χ4n) is 3.34. The second kappa shape index (κ2) is 7.60. The molecule has 0 saturated heterocycles. The van der Waals surface area contributed by atoms with Crippen LogP contribution in [-0.2, 0) is 17.8 Å². The molecule has 0 aliphatic carbocycles. The summed E-state index contributed by atoms with van der Waals surface area (Å²) in [6, 6.07) is 11.9. The largest absolute Gasteiger partial charge is 0.467 e. The van der Waals surface area contributed by atoms with Crippen molar-refractivity contribution in [1.29, 1.82) is 0 Å². The Morgan fingerprint density at radius 2 is 2.07 bits per heavy atom. The van der Waals surface area contributed by atoms with Gasteiger partial charge < -0.3 is 9.32 Å². The second-order valence-corrected chi connectivity index (χ2v) is 7.82. The van der Waals surface area contributed by atoms with E-state index in [9.17, 15) is 4.79 Å². The average Bonchev–Trinajstić information content (AvgIpc) is 3.40. The van der Waals surface area contributed by atoms with E-state index < -0.39 is 0 Å². The quantitative estimate of drug-likeness (QED) is 0.608. The smallest absolute Gasteiger partial charge is 0.237 e. The lowest BCUT2D eigenvalue weighted by atomic mass is 10.2. The molecular formula is C20H22N4O2S. The zero-order chi connectivity index (χ0) is 18.8. The lowest BCUT2D eigenvalue weighted by molar-refractivity contribution is -0.116. The molecular weight excluding hydrogens is 360 g/mol. The van der Waals surface area contributed by atoms with Gasteiger partial charge in [0.15, 0.2) is 5.16 Å². The van der Waals surface area contributed by atoms with Crippen molar-refractivity contribution in [3.05, 3.63) is 59.8 Å². The molecule has 1 aliphatic rings. The van der Waals surface area contributed by atoms with E-state index in [0.29, 0.717) is 12.3 Å². The summed E-state index contributed by atoms with van der Waals surface area (Å²) in [6.45, 7) is 5.48. The standard InChI is InChI=1S/C20H22N4O2S/c1-14(2)19-21-22-20(24(19)12-16-7-5-11-26-16)27-13-18(25)23-10-9-15-6-3-4-8-17(15)23/h3-8,11,14H,9-10,12-13H2,1-2H3. The highest BCUT2D eigenvalue weighted by Crippen LogP contribution is 2.29. The van der Waals surface area contributed by atoms with Gasteiger partial charge >= 0.3 is 0 Å². The number of amides is 1. The minimum atomic E-state index is 0.101. The molecule has 2 aromatic heterocycles. The van der Waals surface area contributed by atoms with Gasteiger partial charge in [-0.3, -0.25) is 9.36 Å². The molecule has 1 aromatic carbocycles. The maximum atomic E-state index is 12.8. The predicted molar refractivity (Wildman–Crippen MR) is 105 cm³/mol. The first kappa shape index (κ1) is 17.9. The van der Waals surface area contributed by atoms with E-state index >= 15 is 0 Å². The van der Waals surface area contributed by atoms with Crippen LogP contribution in [0.1, 0.15) is 36.9 Å². The molecule has 1 amide bonds. The molecule has 0 fully saturated rings. The van der Waals surface area contributed by atoms with Crippen LogP contribution in [0.2, 0.25) is 0 Å². The molecule has 0 saturated carbocycles. The molecule has 0 spiro atoms. The van der Waals surface area contributed by atoms with Crippen LogP contribution in [0.5, 0.6) is 0 Å². The van der Waals surface area contributed by atoms with Crippen LogP contribution in [0.15, 0.2) is 52.2 Å². The minimum Gasteiger partial charge on any atom is -0.467 e. The summed E-state index contributed by atoms with van der Waals surface area (Å²) in [7, 11) is 0. The molecule has 1 aliphatic heterocycles. The van der Waals surface area contributed by atoms with Crippen molar-refractivity contribution in [2.24, 2.45) is 0 Å². The number of rotatable bonds is 6. The van der Waals surface area contributed by atoms with Crippen LogP contribution in [0.3, 0.4) is 0 Å². The summed E-state index contributed by atoms with van der Waals surface area (Å²) < 4.78 is 7.52. The van der Waals surface area contributed by atoms with Crippen LogP contribution in [0.25, 0.3) is 0 Å². The predicted octanol–water partition coefficient (Wildman–Crippen LogP) is 3.72. The summed E-state index contributed by atoms with van der Waals surface area (Å²) in [4.78, 5) is 14.7. The van der Waals surface area contributed by atoms with Crippen molar-refractivity contribution < 1.29 is 9.21 Å². The Morgan fingerprint density at radius 3 is 2.85 bits per heavy atom. The third kappa shape index (κ3) is 3.64. The fourth-order valence-corrected chi connectivity index (χ4v) is 4.16. The van der Waals surface area contributed by atoms with Gasteiger partial charge in [-0.2, -0.15) is 0 Å². The van der Waals surface area contributed by atoms with Crippen molar-refractivity contribution in [3.8, 4) is 0 Å². The van der Waals surface area contributed by atoms with Gasteiger partial charge in [-0.05, 0) is 30.2 Å². The number of carbonyl (C=O) groups excluding carboxylic acids is 1. The lowest BCUT2D eigenvalue weighted by Gasteiger charge is -2.17. The van der Waals surface area contributed by atoms with Crippen LogP contribution >= 0.6 is 11.8 Å². The average molecular weight is 382 g/mol. The van der Waals surface area contributed by atoms with E-state index in [1.807, 2.05) is 39.8 Å². The number of carbonyl (C=O) groups is 1. The third-order valence-electron chi connectivity index (χ3n) is 4.67. The van der Waals surface area contributed by atoms with E-state index in [0.717, 1.165) is 35.4 Å². The number of fused-ring (bicyclic) bond motifs is 1. The number of para-hydroxylation sites is 1. The molecule has 0 atom stereocenters. The highest BCUT2D eigenvalue weighted by Gasteiger charge is 2.25. The third-order valence-corrected chi connectivity index (χ3v) is 5.62. The second-order valence-electron chi connectivity index (χ2n) is 6.87. The van der Waals surface area contributed by atoms with Crippen LogP contribution in [0, 0.1) is 0 Å². The highest BCUT2D eigenvalue weighted by molar-refractivity contribution is 7.99. The summed E-state index contributed by atoms with van der Waals surface area (Å²) in [6.07, 6.45) is 2.58. The topological polar surface area (TPSA) is 64.2 Å². The van der Waals surface area contributed by atoms with Crippen molar-refractivity contribution in [1.82, 2.24) is 14.8 Å². The van der Waals surface area contributed by atoms with Crippen LogP contribution in [-0.4, -0.2) is 33.0 Å². The number of thioether (sulfide) groups is 1. The van der Waals surface area contributed by atoms with Crippen molar-refractivity contribution >= 4 is 23.4 Å². The first-order valence-electron chi connectivity index (χ1n) is 9.10. The maximum absolute atomic E-state index is 12.8. The molecule has 0 radical (unpaired) electrons. The summed E-state index contributed by atoms with van der Waals surface area (Å²) in [5, 5.41) is 9.40. The zero-order valence-corrected chi connectivity index (χ0v) is 16.3. The van der Waals surface area contributed by atoms with Crippen molar-refractivity contribution in [3.63, 3.8) is 0 Å². The molecule has 4 rings (SSSR count). The van der Waals surface area contributed by atoms with E-state index in [4.69, 9.17) is 4.42 Å². The molecule has 140 valence electrons. The molecule has 27 heavy (non-hydrogen) atoms. The molecule has 6 nitrogen and oxygen atoms in total. The monoisotopic (exact) mass is 382 g/mol. The summed E-state index contributed by atoms with van der Waals surface area (Å²) >= 11 is 1.43. The number of furan rings is 1. The summed E-state index contributed by atoms with van der Waals surface area (Å²) in [5.41, 5.74) is 2.27. The van der Waals surface area contributed by atoms with Gasteiger partial charge in [-0.1, -0.05) is 43.8 Å². The van der Waals surface area contributed by atoms with Crippen molar-refractivity contribution in [2.75, 3.05) is 17.2 Å². The minimum absolute atomic E-state index is 0.101. The van der Waals surface area contributed by atoms with E-state index in [-0.39, 0.29) is 11.8 Å². The normalized spacial score (nSPS) is 13.4. The fraction of sp³-hybridized carbons (Fsp3) is 0.350. The van der Waals surface area contributed by atoms with E-state index in [2.05, 4.69) is 30.1 Å². The molecule has 3 heterocycles. The Morgan fingerprint density at radius 1 is 1.22 bits per heavy atom. The Hall–Kier alpha value is -2.54. The van der Waals surface area contributed by atoms with Gasteiger partial charge in [0.25, 0.3) is 0 Å². The lowest BCUT2D eigenvalue weighted by Crippen LogP contribution is -2.30. The Balaban J connectivity index is 1.49. The molecule has 0 unspecified atom stereocenters. The van der Waals surface area contributed by atoms with Gasteiger partial charge in [-0.15, -0.1) is 10.2 Å². The summed E-state index contributed by atoms with van der Waals surface area (Å²) in [5.74, 6) is 2.42. The first-order chi connectivity index (χ1) is 13.1. The van der Waals surface area contributed by atoms with Gasteiger partial charge in [0.1, 0.15) is 11.6 Å². The van der Waals surface area contributed by atoms with Crippen LogP contribution < -0.4 is 4.90 Å². The number of nitrogens with zero attached hydrogens (tertiary/aromatic N) is 4. The van der Waals surface area contributed by atoms with Gasteiger partial charge in [-0.25, -0.2) is 0 Å². The van der Waals surface area contributed by atoms with Crippen molar-refractivity contribution in [2.45, 2.75) is 37.9 Å². The number of benzene rings is 1. The number of aromatic nitrogens is 3. The molecule has 7 heteroatoms. The number of hydrogen-bond acceptors (Lipinski definition) is 5. The first-order valence-corrected chi connectivity index (χ1v) is 10.1. The Bertz CT molecular complexity index is 933. The van der Waals surface area contributed by atoms with Gasteiger partial charge in [0, 0.05) is 18.2 Å². The van der Waals surface area contributed by atoms with E-state index in [1.54, 1.807) is 6.26 Å². The Kier molecular flexibility index (Phi) is 5.03. The highest BCUT2D eigenvalue weighted by atomic mass is 32.2. The van der Waals surface area contributed by atoms with Gasteiger partial charge in [0.05, 0.1) is 18.6 Å². The molecule has 0 N–H and O–H groups in total. The van der Waals surface area contributed by atoms with Gasteiger partial charge in [0.2, 0.25) is 5.91 Å². The van der Waals surface area contributed by atoms with E-state index in [1.165, 1.54) is 17.3 Å². The molecule has 3 aromatic rings. The molecule has 0 bridgehead atoms. The number of hydrogen-bond donors (Lipinski definition) is 0. The van der Waals surface area contributed by atoms with Crippen LogP contribution in [0.4, 0.5) is 5.69 Å². The SMILES string of the molecule is CC(C)c1nnc(SCC(=O)N2CCc3ccccc32)n1Cc1ccco1.